The van der Waals surface area contributed by atoms with Gasteiger partial charge in [-0.3, -0.25) is 9.59 Å². The van der Waals surface area contributed by atoms with Crippen LogP contribution in [0.2, 0.25) is 0 Å². The summed E-state index contributed by atoms with van der Waals surface area (Å²) in [6.07, 6.45) is 4.07. The molecule has 0 radical (unpaired) electrons. The number of phenolic OH excluding ortho intramolecular Hbond substituents is 1. The second-order valence-electron chi connectivity index (χ2n) is 6.53. The van der Waals surface area contributed by atoms with E-state index in [1.807, 2.05) is 42.5 Å². The summed E-state index contributed by atoms with van der Waals surface area (Å²) in [6.45, 7) is 5.76. The molecule has 33 heavy (non-hydrogen) atoms. The van der Waals surface area contributed by atoms with Crippen LogP contribution < -0.4 is 5.73 Å². The third-order valence-electron chi connectivity index (χ3n) is 3.70. The van der Waals surface area contributed by atoms with Gasteiger partial charge in [-0.05, 0) is 55.6 Å². The highest BCUT2D eigenvalue weighted by Gasteiger charge is 2.02. The fourth-order valence-electron chi connectivity index (χ4n) is 2.09. The van der Waals surface area contributed by atoms with Crippen LogP contribution in [0.3, 0.4) is 0 Å². The monoisotopic (exact) mass is 459 g/mol. The maximum absolute atomic E-state index is 11.2. The predicted molar refractivity (Wildman–Crippen MR) is 131 cm³/mol. The van der Waals surface area contributed by atoms with Gasteiger partial charge in [0.15, 0.2) is 0 Å². The molecule has 0 aliphatic heterocycles. The van der Waals surface area contributed by atoms with Gasteiger partial charge in [-0.25, -0.2) is 0 Å². The highest BCUT2D eigenvalue weighted by molar-refractivity contribution is 5.70. The maximum Gasteiger partial charge on any atom is 0.306 e. The molecular formula is C26H37NO6. The summed E-state index contributed by atoms with van der Waals surface area (Å²) >= 11 is 0. The zero-order chi connectivity index (χ0) is 25.3. The predicted octanol–water partition coefficient (Wildman–Crippen LogP) is 3.67. The number of aldehydes is 2. The molecule has 2 rings (SSSR count). The van der Waals surface area contributed by atoms with E-state index in [2.05, 4.69) is 12.3 Å². The molecule has 3 N–H and O–H groups in total. The number of hydrogen-bond acceptors (Lipinski definition) is 7. The van der Waals surface area contributed by atoms with E-state index in [0.717, 1.165) is 36.5 Å². The van der Waals surface area contributed by atoms with Crippen molar-refractivity contribution in [2.45, 2.75) is 32.6 Å². The summed E-state index contributed by atoms with van der Waals surface area (Å²) < 4.78 is 9.72. The van der Waals surface area contributed by atoms with Crippen molar-refractivity contribution >= 4 is 18.5 Å². The molecule has 0 amide bonds. The van der Waals surface area contributed by atoms with Crippen LogP contribution in [-0.2, 0) is 36.7 Å². The quantitative estimate of drug-likeness (QED) is 0.241. The third-order valence-corrected chi connectivity index (χ3v) is 3.70. The van der Waals surface area contributed by atoms with Gasteiger partial charge in [0.05, 0.1) is 6.61 Å². The molecule has 0 atom stereocenters. The molecular weight excluding hydrogens is 422 g/mol. The van der Waals surface area contributed by atoms with E-state index in [0.29, 0.717) is 31.6 Å². The first-order chi connectivity index (χ1) is 15.9. The minimum atomic E-state index is -0.170. The first-order valence-electron chi connectivity index (χ1n) is 10.5. The fourth-order valence-corrected chi connectivity index (χ4v) is 2.09. The SMILES string of the molecule is C=C(C)C=O.CN.COCCOC(=O)CCc1ccccc1.O=CCCc1ccc(O)cc1. The Morgan fingerprint density at radius 3 is 2.00 bits per heavy atom. The number of aromatic hydroxyl groups is 1. The number of carbonyl (C=O) groups is 3. The first kappa shape index (κ1) is 31.9. The summed E-state index contributed by atoms with van der Waals surface area (Å²) in [4.78, 5) is 30.6. The van der Waals surface area contributed by atoms with Crippen molar-refractivity contribution in [3.8, 4) is 5.75 Å². The Hall–Kier alpha value is -3.29. The van der Waals surface area contributed by atoms with Gasteiger partial charge >= 0.3 is 5.97 Å². The molecule has 0 heterocycles. The molecule has 7 heteroatoms. The summed E-state index contributed by atoms with van der Waals surface area (Å²) in [5, 5.41) is 8.91. The topological polar surface area (TPSA) is 116 Å². The van der Waals surface area contributed by atoms with Gasteiger partial charge in [-0.15, -0.1) is 0 Å². The van der Waals surface area contributed by atoms with Gasteiger partial charge < -0.3 is 25.1 Å². The number of esters is 1. The van der Waals surface area contributed by atoms with E-state index in [4.69, 9.17) is 14.6 Å². The number of ether oxygens (including phenoxy) is 2. The highest BCUT2D eigenvalue weighted by Crippen LogP contribution is 2.10. The Bertz CT molecular complexity index is 760. The van der Waals surface area contributed by atoms with E-state index in [-0.39, 0.29) is 11.7 Å². The molecule has 0 fully saturated rings. The van der Waals surface area contributed by atoms with Gasteiger partial charge in [0.2, 0.25) is 0 Å². The van der Waals surface area contributed by atoms with E-state index in [1.54, 1.807) is 26.2 Å². The van der Waals surface area contributed by atoms with Gasteiger partial charge in [0.25, 0.3) is 0 Å². The fraction of sp³-hybridized carbons (Fsp3) is 0.346. The van der Waals surface area contributed by atoms with Crippen molar-refractivity contribution in [1.82, 2.24) is 0 Å². The number of methoxy groups -OCH3 is 1. The number of aryl methyl sites for hydroxylation is 2. The molecule has 0 unspecified atom stereocenters. The van der Waals surface area contributed by atoms with Crippen molar-refractivity contribution in [3.63, 3.8) is 0 Å². The maximum atomic E-state index is 11.2. The molecule has 0 aliphatic rings. The molecule has 0 spiro atoms. The number of hydrogen-bond donors (Lipinski definition) is 2. The van der Waals surface area contributed by atoms with Gasteiger partial charge in [-0.1, -0.05) is 49.0 Å². The Kier molecular flexibility index (Phi) is 22.6. The number of phenols is 1. The number of nitrogens with two attached hydrogens (primary N) is 1. The molecule has 2 aromatic carbocycles. The summed E-state index contributed by atoms with van der Waals surface area (Å²) in [7, 11) is 3.08. The lowest BCUT2D eigenvalue weighted by Gasteiger charge is -2.03. The normalized spacial score (nSPS) is 8.85. The Morgan fingerprint density at radius 2 is 1.52 bits per heavy atom. The summed E-state index contributed by atoms with van der Waals surface area (Å²) in [5.74, 6) is 0.0933. The number of allylic oxidation sites excluding steroid dienone is 1. The molecule has 0 aromatic heterocycles. The largest absolute Gasteiger partial charge is 0.508 e. The molecule has 0 saturated carbocycles. The molecule has 182 valence electrons. The van der Waals surface area contributed by atoms with Crippen molar-refractivity contribution in [2.24, 2.45) is 5.73 Å². The molecule has 2 aromatic rings. The second kappa shape index (κ2) is 23.4. The second-order valence-corrected chi connectivity index (χ2v) is 6.53. The van der Waals surface area contributed by atoms with Crippen LogP contribution in [0.25, 0.3) is 0 Å². The van der Waals surface area contributed by atoms with Crippen LogP contribution in [0.4, 0.5) is 0 Å². The van der Waals surface area contributed by atoms with E-state index in [9.17, 15) is 14.4 Å². The van der Waals surface area contributed by atoms with E-state index in [1.165, 1.54) is 7.05 Å². The van der Waals surface area contributed by atoms with Gasteiger partial charge in [-0.2, -0.15) is 0 Å². The number of rotatable bonds is 10. The molecule has 7 nitrogen and oxygen atoms in total. The zero-order valence-corrected chi connectivity index (χ0v) is 19.9. The Balaban J connectivity index is 0. The van der Waals surface area contributed by atoms with Crippen LogP contribution in [0.5, 0.6) is 5.75 Å². The lowest BCUT2D eigenvalue weighted by molar-refractivity contribution is -0.144. The number of carbonyl (C=O) groups excluding carboxylic acids is 3. The van der Waals surface area contributed by atoms with Crippen molar-refractivity contribution in [3.05, 3.63) is 77.9 Å². The van der Waals surface area contributed by atoms with Crippen LogP contribution in [0.15, 0.2) is 66.7 Å². The van der Waals surface area contributed by atoms with Crippen LogP contribution >= 0.6 is 0 Å². The summed E-state index contributed by atoms with van der Waals surface area (Å²) in [5.41, 5.74) is 7.31. The molecule has 0 saturated heterocycles. The zero-order valence-electron chi connectivity index (χ0n) is 19.9. The van der Waals surface area contributed by atoms with Crippen molar-refractivity contribution < 1.29 is 29.0 Å². The average Bonchev–Trinajstić information content (AvgIpc) is 2.85. The van der Waals surface area contributed by atoms with Gasteiger partial charge in [0, 0.05) is 20.0 Å². The minimum Gasteiger partial charge on any atom is -0.508 e. The van der Waals surface area contributed by atoms with E-state index >= 15 is 0 Å². The Labute approximate surface area is 197 Å². The minimum absolute atomic E-state index is 0.170. The van der Waals surface area contributed by atoms with Crippen molar-refractivity contribution in [2.75, 3.05) is 27.4 Å². The number of benzene rings is 2. The average molecular weight is 460 g/mol. The smallest absolute Gasteiger partial charge is 0.306 e. The molecule has 0 aliphatic carbocycles. The van der Waals surface area contributed by atoms with Crippen LogP contribution in [-0.4, -0.2) is 51.0 Å². The molecule has 0 bridgehead atoms. The van der Waals surface area contributed by atoms with Crippen LogP contribution in [0.1, 0.15) is 30.9 Å². The van der Waals surface area contributed by atoms with E-state index < -0.39 is 0 Å². The lowest BCUT2D eigenvalue weighted by atomic mass is 10.1. The van der Waals surface area contributed by atoms with Crippen molar-refractivity contribution in [1.29, 1.82) is 0 Å². The van der Waals surface area contributed by atoms with Gasteiger partial charge in [0.1, 0.15) is 24.9 Å². The van der Waals surface area contributed by atoms with Crippen LogP contribution in [0, 0.1) is 0 Å². The Morgan fingerprint density at radius 1 is 0.970 bits per heavy atom. The standard InChI is InChI=1S/C12H16O3.C9H10O2.C4H6O.CH5N/c1-14-9-10-15-12(13)8-7-11-5-3-2-4-6-11;10-7-1-2-8-3-5-9(11)6-4-8;1-4(2)3-5;1-2/h2-6H,7-10H2,1H3;3-7,11H,1-2H2;3H,1H2,2H3;2H2,1H3. The summed E-state index contributed by atoms with van der Waals surface area (Å²) in [6, 6.07) is 16.8. The highest BCUT2D eigenvalue weighted by atomic mass is 16.6. The third kappa shape index (κ3) is 21.7. The first-order valence-corrected chi connectivity index (χ1v) is 10.5. The lowest BCUT2D eigenvalue weighted by Crippen LogP contribution is -2.10.